The summed E-state index contributed by atoms with van der Waals surface area (Å²) in [5.41, 5.74) is 2.31. The molecule has 22 heavy (non-hydrogen) atoms. The largest absolute Gasteiger partial charge is 0.497 e. The van der Waals surface area contributed by atoms with Crippen LogP contribution in [-0.4, -0.2) is 30.3 Å². The minimum atomic E-state index is -0.0881. The lowest BCUT2D eigenvalue weighted by atomic mass is 9.94. The van der Waals surface area contributed by atoms with E-state index in [0.717, 1.165) is 24.4 Å². The van der Waals surface area contributed by atoms with Crippen molar-refractivity contribution in [2.75, 3.05) is 20.3 Å². The summed E-state index contributed by atoms with van der Waals surface area (Å²) in [6.07, 6.45) is 1.19. The zero-order valence-corrected chi connectivity index (χ0v) is 13.4. The number of aliphatic hydroxyl groups excluding tert-OH is 1. The van der Waals surface area contributed by atoms with E-state index in [4.69, 9.17) is 9.84 Å². The number of nitrogens with zero attached hydrogens (tertiary/aromatic N) is 1. The molecule has 0 bridgehead atoms. The van der Waals surface area contributed by atoms with Crippen LogP contribution in [0.5, 0.6) is 5.75 Å². The van der Waals surface area contributed by atoms with E-state index in [1.807, 2.05) is 6.07 Å². The molecule has 0 saturated carbocycles. The van der Waals surface area contributed by atoms with Crippen LogP contribution in [0, 0.1) is 11.8 Å². The van der Waals surface area contributed by atoms with E-state index >= 15 is 0 Å². The maximum absolute atomic E-state index is 8.74. The molecule has 2 heterocycles. The first-order valence-electron chi connectivity index (χ1n) is 7.35. The van der Waals surface area contributed by atoms with Crippen LogP contribution in [0.4, 0.5) is 0 Å². The van der Waals surface area contributed by atoms with Gasteiger partial charge in [0.15, 0.2) is 0 Å². The molecule has 3 nitrogen and oxygen atoms in total. The number of methoxy groups -OCH3 is 1. The summed E-state index contributed by atoms with van der Waals surface area (Å²) in [6.45, 7) is 1.99. The average Bonchev–Trinajstić information content (AvgIpc) is 2.97. The van der Waals surface area contributed by atoms with Crippen LogP contribution in [0.1, 0.15) is 28.5 Å². The summed E-state index contributed by atoms with van der Waals surface area (Å²) >= 11 is 1.73. The maximum Gasteiger partial charge on any atom is 0.119 e. The van der Waals surface area contributed by atoms with Gasteiger partial charge in [0.1, 0.15) is 12.4 Å². The summed E-state index contributed by atoms with van der Waals surface area (Å²) in [4.78, 5) is 3.79. The average molecular weight is 313 g/mol. The number of hydrogen-bond acceptors (Lipinski definition) is 4. The number of benzene rings is 1. The Balaban J connectivity index is 1.67. The number of thiophene rings is 1. The standard InChI is InChI=1S/C18H19NO2S/c1-21-16-6-2-5-15(11-16)18-7-8-19(18)12-17-10-14(13-22-17)4-3-9-20/h2,5-6,10-11,13,18,20H,7-9,12H2,1H3. The Hall–Kier alpha value is -1.80. The maximum atomic E-state index is 8.74. The highest BCUT2D eigenvalue weighted by Gasteiger charge is 2.29. The summed E-state index contributed by atoms with van der Waals surface area (Å²) in [5.74, 6) is 6.57. The third-order valence-corrected chi connectivity index (χ3v) is 4.86. The summed E-state index contributed by atoms with van der Waals surface area (Å²) in [5, 5.41) is 10.8. The molecule has 1 saturated heterocycles. The van der Waals surface area contributed by atoms with E-state index in [9.17, 15) is 0 Å². The summed E-state index contributed by atoms with van der Waals surface area (Å²) in [6, 6.07) is 10.9. The number of likely N-dealkylation sites (tertiary alicyclic amines) is 1. The highest BCUT2D eigenvalue weighted by Crippen LogP contribution is 2.36. The zero-order valence-electron chi connectivity index (χ0n) is 12.6. The van der Waals surface area contributed by atoms with Crippen LogP contribution < -0.4 is 4.74 Å². The van der Waals surface area contributed by atoms with Gasteiger partial charge in [-0.2, -0.15) is 0 Å². The molecule has 1 aliphatic heterocycles. The first kappa shape index (κ1) is 15.1. The van der Waals surface area contributed by atoms with Crippen LogP contribution in [0.15, 0.2) is 35.7 Å². The highest BCUT2D eigenvalue weighted by molar-refractivity contribution is 7.10. The highest BCUT2D eigenvalue weighted by atomic mass is 32.1. The molecule has 0 spiro atoms. The van der Waals surface area contributed by atoms with Crippen molar-refractivity contribution >= 4 is 11.3 Å². The second-order valence-electron chi connectivity index (χ2n) is 5.31. The molecule has 114 valence electrons. The first-order chi connectivity index (χ1) is 10.8. The molecule has 3 rings (SSSR count). The van der Waals surface area contributed by atoms with Gasteiger partial charge in [0.05, 0.1) is 7.11 Å². The third-order valence-electron chi connectivity index (χ3n) is 3.93. The molecular formula is C18H19NO2S. The fraction of sp³-hybridized carbons (Fsp3) is 0.333. The lowest BCUT2D eigenvalue weighted by Crippen LogP contribution is -2.39. The van der Waals surface area contributed by atoms with Gasteiger partial charge in [0, 0.05) is 35.0 Å². The van der Waals surface area contributed by atoms with Crippen LogP contribution in [-0.2, 0) is 6.54 Å². The van der Waals surface area contributed by atoms with Gasteiger partial charge in [0.25, 0.3) is 0 Å². The Morgan fingerprint density at radius 3 is 3.05 bits per heavy atom. The fourth-order valence-corrected chi connectivity index (χ4v) is 3.57. The lowest BCUT2D eigenvalue weighted by Gasteiger charge is -2.41. The topological polar surface area (TPSA) is 32.7 Å². The molecule has 4 heteroatoms. The van der Waals surface area contributed by atoms with Gasteiger partial charge < -0.3 is 9.84 Å². The Morgan fingerprint density at radius 1 is 1.41 bits per heavy atom. The van der Waals surface area contributed by atoms with Crippen molar-refractivity contribution in [3.05, 3.63) is 51.7 Å². The zero-order chi connectivity index (χ0) is 15.4. The third kappa shape index (κ3) is 3.33. The van der Waals surface area contributed by atoms with Crippen molar-refractivity contribution in [1.82, 2.24) is 4.90 Å². The lowest BCUT2D eigenvalue weighted by molar-refractivity contribution is 0.0830. The predicted octanol–water partition coefficient (Wildman–Crippen LogP) is 3.05. The molecule has 1 aromatic carbocycles. The van der Waals surface area contributed by atoms with Gasteiger partial charge in [-0.05, 0) is 30.2 Å². The quantitative estimate of drug-likeness (QED) is 0.881. The second kappa shape index (κ2) is 6.97. The molecule has 0 radical (unpaired) electrons. The molecule has 1 fully saturated rings. The molecule has 2 aromatic rings. The first-order valence-corrected chi connectivity index (χ1v) is 8.23. The predicted molar refractivity (Wildman–Crippen MR) is 89.0 cm³/mol. The van der Waals surface area contributed by atoms with Crippen molar-refractivity contribution in [2.24, 2.45) is 0 Å². The van der Waals surface area contributed by atoms with Gasteiger partial charge in [-0.3, -0.25) is 4.90 Å². The van der Waals surface area contributed by atoms with E-state index < -0.39 is 0 Å². The second-order valence-corrected chi connectivity index (χ2v) is 6.31. The van der Waals surface area contributed by atoms with Crippen molar-refractivity contribution < 1.29 is 9.84 Å². The molecule has 0 amide bonds. The van der Waals surface area contributed by atoms with Crippen LogP contribution in [0.3, 0.4) is 0 Å². The minimum Gasteiger partial charge on any atom is -0.497 e. The number of ether oxygens (including phenoxy) is 1. The number of hydrogen-bond donors (Lipinski definition) is 1. The molecular weight excluding hydrogens is 294 g/mol. The van der Waals surface area contributed by atoms with Crippen LogP contribution in [0.2, 0.25) is 0 Å². The molecule has 1 unspecified atom stereocenters. The van der Waals surface area contributed by atoms with E-state index in [0.29, 0.717) is 6.04 Å². The minimum absolute atomic E-state index is 0.0881. The molecule has 1 atom stereocenters. The Kier molecular flexibility index (Phi) is 4.79. The SMILES string of the molecule is COc1cccc(C2CCN2Cc2cc(C#CCO)cs2)c1. The normalized spacial score (nSPS) is 17.5. The van der Waals surface area contributed by atoms with Crippen LogP contribution >= 0.6 is 11.3 Å². The summed E-state index contributed by atoms with van der Waals surface area (Å²) < 4.78 is 5.32. The van der Waals surface area contributed by atoms with E-state index in [1.165, 1.54) is 16.9 Å². The number of aliphatic hydroxyl groups is 1. The van der Waals surface area contributed by atoms with Crippen LogP contribution in [0.25, 0.3) is 0 Å². The molecule has 1 N–H and O–H groups in total. The van der Waals surface area contributed by atoms with Gasteiger partial charge in [-0.1, -0.05) is 24.0 Å². The van der Waals surface area contributed by atoms with E-state index in [2.05, 4.69) is 46.4 Å². The monoisotopic (exact) mass is 313 g/mol. The van der Waals surface area contributed by atoms with Crippen molar-refractivity contribution in [3.63, 3.8) is 0 Å². The van der Waals surface area contributed by atoms with E-state index in [-0.39, 0.29) is 6.61 Å². The van der Waals surface area contributed by atoms with Gasteiger partial charge in [-0.15, -0.1) is 11.3 Å². The Bertz CT molecular complexity index is 698. The fourth-order valence-electron chi connectivity index (χ4n) is 2.73. The molecule has 0 aliphatic carbocycles. The molecule has 1 aliphatic rings. The van der Waals surface area contributed by atoms with Crippen molar-refractivity contribution in [1.29, 1.82) is 0 Å². The van der Waals surface area contributed by atoms with Crippen molar-refractivity contribution in [3.8, 4) is 17.6 Å². The van der Waals surface area contributed by atoms with Gasteiger partial charge in [-0.25, -0.2) is 0 Å². The summed E-state index contributed by atoms with van der Waals surface area (Å²) in [7, 11) is 1.71. The Morgan fingerprint density at radius 2 is 2.32 bits per heavy atom. The molecule has 1 aromatic heterocycles. The van der Waals surface area contributed by atoms with Gasteiger partial charge >= 0.3 is 0 Å². The van der Waals surface area contributed by atoms with Crippen molar-refractivity contribution in [2.45, 2.75) is 19.0 Å². The van der Waals surface area contributed by atoms with Gasteiger partial charge in [0.2, 0.25) is 0 Å². The Labute approximate surface area is 135 Å². The number of rotatable bonds is 4. The van der Waals surface area contributed by atoms with E-state index in [1.54, 1.807) is 18.4 Å². The smallest absolute Gasteiger partial charge is 0.119 e.